The van der Waals surface area contributed by atoms with E-state index in [0.29, 0.717) is 0 Å². The zero-order chi connectivity index (χ0) is 12.6. The Kier molecular flexibility index (Phi) is 5.68. The monoisotopic (exact) mass is 250 g/mol. The Morgan fingerprint density at radius 1 is 1.50 bits per heavy atom. The van der Waals surface area contributed by atoms with Crippen LogP contribution < -0.4 is 5.32 Å². The molecule has 1 aliphatic rings. The third-order valence-electron chi connectivity index (χ3n) is 3.67. The SMILES string of the molecule is CC1CCCN(CCCCNCc2ncc[nH]2)C1. The summed E-state index contributed by atoms with van der Waals surface area (Å²) in [6, 6.07) is 0. The van der Waals surface area contributed by atoms with E-state index in [-0.39, 0.29) is 0 Å². The van der Waals surface area contributed by atoms with Gasteiger partial charge in [-0.25, -0.2) is 4.98 Å². The number of unbranched alkanes of at least 4 members (excludes halogenated alkanes) is 1. The summed E-state index contributed by atoms with van der Waals surface area (Å²) in [4.78, 5) is 9.92. The lowest BCUT2D eigenvalue weighted by Gasteiger charge is -2.30. The highest BCUT2D eigenvalue weighted by molar-refractivity contribution is 4.85. The van der Waals surface area contributed by atoms with Crippen molar-refractivity contribution in [3.05, 3.63) is 18.2 Å². The van der Waals surface area contributed by atoms with E-state index in [1.807, 2.05) is 6.20 Å². The number of likely N-dealkylation sites (tertiary alicyclic amines) is 1. The van der Waals surface area contributed by atoms with Crippen molar-refractivity contribution in [1.82, 2.24) is 20.2 Å². The highest BCUT2D eigenvalue weighted by Gasteiger charge is 2.14. The van der Waals surface area contributed by atoms with Crippen molar-refractivity contribution in [3.63, 3.8) is 0 Å². The van der Waals surface area contributed by atoms with Crippen LogP contribution in [0.3, 0.4) is 0 Å². The largest absolute Gasteiger partial charge is 0.348 e. The van der Waals surface area contributed by atoms with Crippen LogP contribution in [0.2, 0.25) is 0 Å². The highest BCUT2D eigenvalue weighted by Crippen LogP contribution is 2.15. The first-order valence-electron chi connectivity index (χ1n) is 7.26. The number of H-pyrrole nitrogens is 1. The fraction of sp³-hybridized carbons (Fsp3) is 0.786. The second kappa shape index (κ2) is 7.54. The van der Waals surface area contributed by atoms with Crippen molar-refractivity contribution in [2.75, 3.05) is 26.2 Å². The van der Waals surface area contributed by atoms with Gasteiger partial charge in [0.2, 0.25) is 0 Å². The first-order valence-corrected chi connectivity index (χ1v) is 7.26. The van der Waals surface area contributed by atoms with Crippen LogP contribution in [0.4, 0.5) is 0 Å². The molecule has 1 aromatic heterocycles. The molecule has 0 radical (unpaired) electrons. The number of hydrogen-bond donors (Lipinski definition) is 2. The number of aromatic nitrogens is 2. The molecule has 102 valence electrons. The maximum atomic E-state index is 4.19. The average Bonchev–Trinajstić information content (AvgIpc) is 2.87. The van der Waals surface area contributed by atoms with Crippen molar-refractivity contribution < 1.29 is 0 Å². The van der Waals surface area contributed by atoms with Crippen LogP contribution in [0, 0.1) is 5.92 Å². The van der Waals surface area contributed by atoms with Gasteiger partial charge in [0, 0.05) is 18.9 Å². The fourth-order valence-electron chi connectivity index (χ4n) is 2.68. The number of nitrogens with one attached hydrogen (secondary N) is 2. The number of nitrogens with zero attached hydrogens (tertiary/aromatic N) is 2. The number of hydrogen-bond acceptors (Lipinski definition) is 3. The lowest BCUT2D eigenvalue weighted by molar-refractivity contribution is 0.181. The van der Waals surface area contributed by atoms with Gasteiger partial charge in [0.05, 0.1) is 6.54 Å². The molecule has 0 spiro atoms. The van der Waals surface area contributed by atoms with E-state index < -0.39 is 0 Å². The normalized spacial score (nSPS) is 21.3. The van der Waals surface area contributed by atoms with Gasteiger partial charge < -0.3 is 15.2 Å². The van der Waals surface area contributed by atoms with Crippen molar-refractivity contribution in [1.29, 1.82) is 0 Å². The molecule has 1 fully saturated rings. The third kappa shape index (κ3) is 4.78. The van der Waals surface area contributed by atoms with Crippen molar-refractivity contribution in [3.8, 4) is 0 Å². The van der Waals surface area contributed by atoms with Crippen molar-refractivity contribution in [2.45, 2.75) is 39.2 Å². The molecule has 4 nitrogen and oxygen atoms in total. The molecule has 1 atom stereocenters. The minimum Gasteiger partial charge on any atom is -0.348 e. The lowest BCUT2D eigenvalue weighted by atomic mass is 10.0. The molecule has 2 N–H and O–H groups in total. The van der Waals surface area contributed by atoms with Gasteiger partial charge in [-0.15, -0.1) is 0 Å². The molecule has 1 aromatic rings. The van der Waals surface area contributed by atoms with Gasteiger partial charge in [0.15, 0.2) is 0 Å². The van der Waals surface area contributed by atoms with E-state index in [0.717, 1.165) is 24.8 Å². The fourth-order valence-corrected chi connectivity index (χ4v) is 2.68. The van der Waals surface area contributed by atoms with Crippen molar-refractivity contribution >= 4 is 0 Å². The van der Waals surface area contributed by atoms with Gasteiger partial charge in [-0.3, -0.25) is 0 Å². The minimum atomic E-state index is 0.855. The van der Waals surface area contributed by atoms with Gasteiger partial charge in [-0.2, -0.15) is 0 Å². The second-order valence-corrected chi connectivity index (χ2v) is 5.47. The highest BCUT2D eigenvalue weighted by atomic mass is 15.1. The Balaban J connectivity index is 1.46. The molecule has 2 rings (SSSR count). The molecular formula is C14H26N4. The molecule has 0 aromatic carbocycles. The van der Waals surface area contributed by atoms with E-state index in [4.69, 9.17) is 0 Å². The molecule has 0 aliphatic carbocycles. The van der Waals surface area contributed by atoms with Gasteiger partial charge in [-0.05, 0) is 51.2 Å². The maximum Gasteiger partial charge on any atom is 0.120 e. The molecule has 2 heterocycles. The first kappa shape index (κ1) is 13.6. The number of rotatable bonds is 7. The second-order valence-electron chi connectivity index (χ2n) is 5.47. The summed E-state index contributed by atoms with van der Waals surface area (Å²) in [5.41, 5.74) is 0. The summed E-state index contributed by atoms with van der Waals surface area (Å²) in [7, 11) is 0. The predicted octanol–water partition coefficient (Wildman–Crippen LogP) is 2.01. The Morgan fingerprint density at radius 3 is 3.22 bits per heavy atom. The molecule has 4 heteroatoms. The molecule has 1 saturated heterocycles. The summed E-state index contributed by atoms with van der Waals surface area (Å²) >= 11 is 0. The average molecular weight is 250 g/mol. The lowest BCUT2D eigenvalue weighted by Crippen LogP contribution is -2.35. The van der Waals surface area contributed by atoms with Crippen LogP contribution in [0.5, 0.6) is 0 Å². The van der Waals surface area contributed by atoms with Crippen LogP contribution in [0.25, 0.3) is 0 Å². The van der Waals surface area contributed by atoms with Crippen molar-refractivity contribution in [2.24, 2.45) is 5.92 Å². The van der Waals surface area contributed by atoms with Gasteiger partial charge in [0.25, 0.3) is 0 Å². The molecule has 18 heavy (non-hydrogen) atoms. The van der Waals surface area contributed by atoms with Gasteiger partial charge in [0.1, 0.15) is 5.82 Å². The van der Waals surface area contributed by atoms with E-state index >= 15 is 0 Å². The summed E-state index contributed by atoms with van der Waals surface area (Å²) in [6.45, 7) is 8.20. The predicted molar refractivity (Wildman–Crippen MR) is 74.4 cm³/mol. The Bertz CT molecular complexity index is 310. The van der Waals surface area contributed by atoms with Crippen LogP contribution in [-0.4, -0.2) is 41.0 Å². The molecule has 0 bridgehead atoms. The van der Waals surface area contributed by atoms with Crippen LogP contribution in [0.15, 0.2) is 12.4 Å². The summed E-state index contributed by atoms with van der Waals surface area (Å²) < 4.78 is 0. The van der Waals surface area contributed by atoms with E-state index in [2.05, 4.69) is 27.1 Å². The minimum absolute atomic E-state index is 0.855. The van der Waals surface area contributed by atoms with E-state index in [9.17, 15) is 0 Å². The maximum absolute atomic E-state index is 4.19. The molecule has 0 saturated carbocycles. The van der Waals surface area contributed by atoms with E-state index in [1.54, 1.807) is 6.20 Å². The smallest absolute Gasteiger partial charge is 0.120 e. The summed E-state index contributed by atoms with van der Waals surface area (Å²) in [6.07, 6.45) is 9.03. The van der Waals surface area contributed by atoms with Gasteiger partial charge >= 0.3 is 0 Å². The summed E-state index contributed by atoms with van der Waals surface area (Å²) in [5.74, 6) is 1.93. The Morgan fingerprint density at radius 2 is 2.44 bits per heavy atom. The molecule has 0 amide bonds. The van der Waals surface area contributed by atoms with Crippen LogP contribution >= 0.6 is 0 Å². The number of imidazole rings is 1. The quantitative estimate of drug-likeness (QED) is 0.728. The Hall–Kier alpha value is -0.870. The van der Waals surface area contributed by atoms with E-state index in [1.165, 1.54) is 45.3 Å². The topological polar surface area (TPSA) is 44.0 Å². The zero-order valence-corrected chi connectivity index (χ0v) is 11.5. The number of piperidine rings is 1. The standard InChI is InChI=1S/C14H26N4/c1-13-5-4-10-18(12-13)9-3-2-6-15-11-14-16-7-8-17-14/h7-8,13,15H,2-6,9-12H2,1H3,(H,16,17). The zero-order valence-electron chi connectivity index (χ0n) is 11.5. The molecular weight excluding hydrogens is 224 g/mol. The summed E-state index contributed by atoms with van der Waals surface area (Å²) in [5, 5.41) is 3.42. The van der Waals surface area contributed by atoms with Gasteiger partial charge in [-0.1, -0.05) is 6.92 Å². The van der Waals surface area contributed by atoms with Crippen LogP contribution in [-0.2, 0) is 6.54 Å². The number of aromatic amines is 1. The molecule has 1 aliphatic heterocycles. The first-order chi connectivity index (χ1) is 8.84. The molecule has 1 unspecified atom stereocenters. The Labute approximate surface area is 110 Å². The third-order valence-corrected chi connectivity index (χ3v) is 3.67. The van der Waals surface area contributed by atoms with Crippen LogP contribution in [0.1, 0.15) is 38.4 Å².